The van der Waals surface area contributed by atoms with Gasteiger partial charge in [-0.2, -0.15) is 5.26 Å². The van der Waals surface area contributed by atoms with E-state index in [0.717, 1.165) is 5.56 Å². The monoisotopic (exact) mass is 619 g/mol. The summed E-state index contributed by atoms with van der Waals surface area (Å²) in [5.74, 6) is -1.71. The standard InChI is InChI=1S/C31H27FN3O6PS/c1-3-40-42(38,24-12-8-5-9-13-24)27-28(43)25(18-33)26(22-14-16-23(32)17-15-22)41-30(27)35-29(36)20(2)34-31(37)39-19-21-10-6-4-7-11-21/h4-17,20H,3,19H2,1-2H3,(H,34,37)(H,35,36)/t20-,42?/m1/s1. The van der Waals surface area contributed by atoms with Crippen LogP contribution in [-0.4, -0.2) is 24.6 Å². The summed E-state index contributed by atoms with van der Waals surface area (Å²) in [4.78, 5) is 25.7. The van der Waals surface area contributed by atoms with Crippen LogP contribution in [0.4, 0.5) is 15.1 Å². The molecule has 12 heteroatoms. The number of nitriles is 1. The Labute approximate surface area is 252 Å². The zero-order valence-corrected chi connectivity index (χ0v) is 24.9. The molecule has 0 radical (unpaired) electrons. The molecular weight excluding hydrogens is 592 g/mol. The normalized spacial score (nSPS) is 12.8. The van der Waals surface area contributed by atoms with Crippen LogP contribution in [0.2, 0.25) is 0 Å². The number of carbonyl (C=O) groups is 2. The van der Waals surface area contributed by atoms with E-state index in [4.69, 9.17) is 25.9 Å². The zero-order chi connectivity index (χ0) is 31.0. The molecule has 0 aliphatic carbocycles. The summed E-state index contributed by atoms with van der Waals surface area (Å²) >= 11 is 5.67. The highest BCUT2D eigenvalue weighted by Gasteiger charge is 2.37. The highest BCUT2D eigenvalue weighted by Crippen LogP contribution is 2.48. The average molecular weight is 620 g/mol. The molecule has 2 N–H and O–H groups in total. The summed E-state index contributed by atoms with van der Waals surface area (Å²) < 4.78 is 45.2. The first-order valence-electron chi connectivity index (χ1n) is 13.1. The van der Waals surface area contributed by atoms with Crippen molar-refractivity contribution < 1.29 is 32.2 Å². The average Bonchev–Trinajstić information content (AvgIpc) is 3.01. The van der Waals surface area contributed by atoms with Gasteiger partial charge in [-0.1, -0.05) is 60.7 Å². The molecule has 1 aromatic heterocycles. The third-order valence-electron chi connectivity index (χ3n) is 6.19. The van der Waals surface area contributed by atoms with Gasteiger partial charge < -0.3 is 19.0 Å². The van der Waals surface area contributed by atoms with Gasteiger partial charge in [0.25, 0.3) is 7.37 Å². The molecule has 1 heterocycles. The number of ether oxygens (including phenoxy) is 1. The molecule has 0 bridgehead atoms. The van der Waals surface area contributed by atoms with Gasteiger partial charge in [0.2, 0.25) is 11.8 Å². The van der Waals surface area contributed by atoms with Crippen LogP contribution in [-0.2, 0) is 25.2 Å². The molecule has 4 rings (SSSR count). The Bertz CT molecular complexity index is 1760. The fraction of sp³-hybridized carbons (Fsp3) is 0.161. The third kappa shape index (κ3) is 7.24. The molecule has 4 aromatic rings. The number of hydrogen-bond acceptors (Lipinski definition) is 8. The first kappa shape index (κ1) is 31.3. The SMILES string of the molecule is CCOP(=O)(c1ccccc1)c1c(NC(=O)[C@@H](C)NC(=O)OCc2ccccc2)oc(-c2ccc(F)cc2)c(C#N)c1=S. The van der Waals surface area contributed by atoms with Crippen molar-refractivity contribution in [2.45, 2.75) is 26.5 Å². The van der Waals surface area contributed by atoms with Gasteiger partial charge in [-0.05, 0) is 55.8 Å². The predicted octanol–water partition coefficient (Wildman–Crippen LogP) is 6.21. The van der Waals surface area contributed by atoms with Gasteiger partial charge >= 0.3 is 6.09 Å². The lowest BCUT2D eigenvalue weighted by molar-refractivity contribution is -0.117. The summed E-state index contributed by atoms with van der Waals surface area (Å²) in [5, 5.41) is 15.1. The van der Waals surface area contributed by atoms with Crippen molar-refractivity contribution >= 4 is 48.1 Å². The Morgan fingerprint density at radius 1 is 1.05 bits per heavy atom. The van der Waals surface area contributed by atoms with E-state index in [2.05, 4.69) is 10.6 Å². The Balaban J connectivity index is 1.76. The largest absolute Gasteiger partial charge is 0.445 e. The Kier molecular flexibility index (Phi) is 10.2. The molecule has 0 fully saturated rings. The summed E-state index contributed by atoms with van der Waals surface area (Å²) in [6, 6.07) is 23.1. The predicted molar refractivity (Wildman–Crippen MR) is 162 cm³/mol. The van der Waals surface area contributed by atoms with E-state index in [1.54, 1.807) is 61.5 Å². The summed E-state index contributed by atoms with van der Waals surface area (Å²) in [5.41, 5.74) is 0.892. The van der Waals surface area contributed by atoms with E-state index in [1.807, 2.05) is 12.1 Å². The molecule has 43 heavy (non-hydrogen) atoms. The van der Waals surface area contributed by atoms with Crippen molar-refractivity contribution in [2.75, 3.05) is 11.9 Å². The number of anilines is 1. The van der Waals surface area contributed by atoms with Crippen LogP contribution in [0.25, 0.3) is 11.3 Å². The molecule has 9 nitrogen and oxygen atoms in total. The molecule has 1 unspecified atom stereocenters. The number of carbonyl (C=O) groups excluding carboxylic acids is 2. The Morgan fingerprint density at radius 2 is 1.67 bits per heavy atom. The van der Waals surface area contributed by atoms with Gasteiger partial charge in [0.05, 0.1) is 11.1 Å². The number of rotatable bonds is 10. The van der Waals surface area contributed by atoms with E-state index in [9.17, 15) is 23.8 Å². The summed E-state index contributed by atoms with van der Waals surface area (Å²) in [7, 11) is -4.05. The number of nitrogens with one attached hydrogen (secondary N) is 2. The summed E-state index contributed by atoms with van der Waals surface area (Å²) in [6.45, 7) is 3.04. The van der Waals surface area contributed by atoms with E-state index in [1.165, 1.54) is 31.2 Å². The smallest absolute Gasteiger partial charge is 0.408 e. The number of amides is 2. The Hall–Kier alpha value is -4.62. The lowest BCUT2D eigenvalue weighted by Gasteiger charge is -2.23. The first-order chi connectivity index (χ1) is 20.7. The van der Waals surface area contributed by atoms with E-state index < -0.39 is 31.2 Å². The molecule has 2 atom stereocenters. The molecule has 3 aromatic carbocycles. The van der Waals surface area contributed by atoms with Gasteiger partial charge in [0, 0.05) is 10.9 Å². The van der Waals surface area contributed by atoms with Crippen LogP contribution in [0.1, 0.15) is 25.0 Å². The van der Waals surface area contributed by atoms with Crippen LogP contribution < -0.4 is 21.2 Å². The van der Waals surface area contributed by atoms with Crippen molar-refractivity contribution in [2.24, 2.45) is 0 Å². The second kappa shape index (κ2) is 14.0. The molecule has 220 valence electrons. The maximum Gasteiger partial charge on any atom is 0.408 e. The Morgan fingerprint density at radius 3 is 2.28 bits per heavy atom. The highest BCUT2D eigenvalue weighted by molar-refractivity contribution is 7.77. The summed E-state index contributed by atoms with van der Waals surface area (Å²) in [6.07, 6.45) is -0.844. The number of hydrogen-bond donors (Lipinski definition) is 2. The van der Waals surface area contributed by atoms with Crippen molar-refractivity contribution in [3.63, 3.8) is 0 Å². The molecule has 0 saturated heterocycles. The van der Waals surface area contributed by atoms with E-state index >= 15 is 0 Å². The van der Waals surface area contributed by atoms with Crippen LogP contribution >= 0.6 is 19.6 Å². The quantitative estimate of drug-likeness (QED) is 0.158. The fourth-order valence-corrected chi connectivity index (χ4v) is 6.89. The van der Waals surface area contributed by atoms with Gasteiger partial charge in [0.1, 0.15) is 35.4 Å². The third-order valence-corrected chi connectivity index (χ3v) is 9.36. The lowest BCUT2D eigenvalue weighted by atomic mass is 10.1. The van der Waals surface area contributed by atoms with E-state index in [0.29, 0.717) is 0 Å². The zero-order valence-electron chi connectivity index (χ0n) is 23.2. The maximum absolute atomic E-state index is 14.6. The van der Waals surface area contributed by atoms with Crippen LogP contribution in [0, 0.1) is 21.7 Å². The molecule has 0 aliphatic rings. The first-order valence-corrected chi connectivity index (χ1v) is 15.2. The number of alkyl carbamates (subject to hydrolysis) is 1. The van der Waals surface area contributed by atoms with Crippen molar-refractivity contribution in [1.82, 2.24) is 5.32 Å². The van der Waals surface area contributed by atoms with Crippen molar-refractivity contribution in [3.8, 4) is 17.4 Å². The molecule has 0 spiro atoms. The van der Waals surface area contributed by atoms with Gasteiger partial charge in [0.15, 0.2) is 5.76 Å². The fourth-order valence-electron chi connectivity index (χ4n) is 4.09. The van der Waals surface area contributed by atoms with Crippen molar-refractivity contribution in [1.29, 1.82) is 5.26 Å². The maximum atomic E-state index is 14.6. The van der Waals surface area contributed by atoms with Crippen molar-refractivity contribution in [3.05, 3.63) is 106 Å². The second-order valence-electron chi connectivity index (χ2n) is 9.15. The minimum atomic E-state index is -4.05. The van der Waals surface area contributed by atoms with Crippen LogP contribution in [0.3, 0.4) is 0 Å². The minimum absolute atomic E-state index is 0.00114. The molecule has 0 saturated carbocycles. The number of halogens is 1. The lowest BCUT2D eigenvalue weighted by Crippen LogP contribution is -2.42. The number of nitrogens with zero attached hydrogens (tertiary/aromatic N) is 1. The van der Waals surface area contributed by atoms with Gasteiger partial charge in [-0.3, -0.25) is 14.7 Å². The topological polar surface area (TPSA) is 131 Å². The van der Waals surface area contributed by atoms with Gasteiger partial charge in [-0.25, -0.2) is 9.18 Å². The second-order valence-corrected chi connectivity index (χ2v) is 11.9. The number of benzene rings is 3. The molecular formula is C31H27FN3O6PS. The molecule has 2 amide bonds. The van der Waals surface area contributed by atoms with Crippen LogP contribution in [0.15, 0.2) is 89.3 Å². The minimum Gasteiger partial charge on any atom is -0.445 e. The highest BCUT2D eigenvalue weighted by atomic mass is 32.1. The molecule has 0 aliphatic heterocycles. The van der Waals surface area contributed by atoms with Gasteiger partial charge in [-0.15, -0.1) is 0 Å². The van der Waals surface area contributed by atoms with E-state index in [-0.39, 0.29) is 51.1 Å². The van der Waals surface area contributed by atoms with Crippen LogP contribution in [0.5, 0.6) is 0 Å².